The third-order valence-electron chi connectivity index (χ3n) is 3.69. The van der Waals surface area contributed by atoms with E-state index in [9.17, 15) is 19.1 Å². The van der Waals surface area contributed by atoms with Crippen molar-refractivity contribution >= 4 is 41.4 Å². The van der Waals surface area contributed by atoms with Crippen molar-refractivity contribution in [3.63, 3.8) is 0 Å². The van der Waals surface area contributed by atoms with Gasteiger partial charge < -0.3 is 20.8 Å². The van der Waals surface area contributed by atoms with Gasteiger partial charge in [0.1, 0.15) is 5.82 Å². The number of nitrogens with two attached hydrogens (primary N) is 1. The molecule has 0 aliphatic rings. The highest BCUT2D eigenvalue weighted by Gasteiger charge is 2.25. The van der Waals surface area contributed by atoms with E-state index in [4.69, 9.17) is 22.4 Å². The van der Waals surface area contributed by atoms with Crippen LogP contribution in [0.15, 0.2) is 42.5 Å². The van der Waals surface area contributed by atoms with E-state index < -0.39 is 30.2 Å². The van der Waals surface area contributed by atoms with Crippen molar-refractivity contribution in [3.8, 4) is 0 Å². The first kappa shape index (κ1) is 23.0. The molecule has 2 aromatic carbocycles. The summed E-state index contributed by atoms with van der Waals surface area (Å²) in [5, 5.41) is 19.0. The largest absolute Gasteiger partial charge is 0.394 e. The number of nitrogens with zero attached hydrogens (tertiary/aromatic N) is 1. The van der Waals surface area contributed by atoms with Crippen LogP contribution in [0.25, 0.3) is 0 Å². The SMILES string of the molecule is Cl.NCC(=O)N(CC(O)CO)c1ccc(Cl)cc1C(=O)c1ccccc1F. The van der Waals surface area contributed by atoms with Crippen molar-refractivity contribution < 1.29 is 24.2 Å². The van der Waals surface area contributed by atoms with E-state index in [1.807, 2.05) is 0 Å². The summed E-state index contributed by atoms with van der Waals surface area (Å²) in [7, 11) is 0. The molecule has 0 spiro atoms. The Balaban J connectivity index is 0.00000364. The number of ketones is 1. The van der Waals surface area contributed by atoms with Crippen LogP contribution < -0.4 is 10.6 Å². The molecular formula is C18H19Cl2FN2O4. The number of hydrogen-bond donors (Lipinski definition) is 3. The summed E-state index contributed by atoms with van der Waals surface area (Å²) in [6, 6.07) is 9.61. The maximum absolute atomic E-state index is 14.0. The maximum atomic E-state index is 14.0. The molecule has 4 N–H and O–H groups in total. The van der Waals surface area contributed by atoms with E-state index in [1.54, 1.807) is 0 Å². The van der Waals surface area contributed by atoms with E-state index in [1.165, 1.54) is 36.4 Å². The predicted molar refractivity (Wildman–Crippen MR) is 103 cm³/mol. The summed E-state index contributed by atoms with van der Waals surface area (Å²) in [4.78, 5) is 26.1. The topological polar surface area (TPSA) is 104 Å². The Kier molecular flexibility index (Phi) is 8.81. The summed E-state index contributed by atoms with van der Waals surface area (Å²) >= 11 is 5.98. The number of hydrogen-bond acceptors (Lipinski definition) is 5. The molecule has 6 nitrogen and oxygen atoms in total. The Morgan fingerprint density at radius 2 is 1.85 bits per heavy atom. The molecular weight excluding hydrogens is 398 g/mol. The van der Waals surface area contributed by atoms with Gasteiger partial charge in [0.25, 0.3) is 0 Å². The van der Waals surface area contributed by atoms with Gasteiger partial charge in [0, 0.05) is 10.6 Å². The van der Waals surface area contributed by atoms with Crippen molar-refractivity contribution in [1.29, 1.82) is 0 Å². The average Bonchev–Trinajstić information content (AvgIpc) is 2.65. The van der Waals surface area contributed by atoms with Gasteiger partial charge in [-0.1, -0.05) is 23.7 Å². The fraction of sp³-hybridized carbons (Fsp3) is 0.222. The molecule has 0 saturated heterocycles. The molecule has 0 radical (unpaired) electrons. The van der Waals surface area contributed by atoms with E-state index in [2.05, 4.69) is 0 Å². The molecule has 0 bridgehead atoms. The standard InChI is InChI=1S/C18H18ClFN2O4.ClH/c19-11-5-6-16(22(17(25)8-21)9-12(24)10-23)14(7-11)18(26)13-3-1-2-4-15(13)20;/h1-7,12,23-24H,8-10,21H2;1H. The normalized spacial score (nSPS) is 11.4. The highest BCUT2D eigenvalue weighted by molar-refractivity contribution is 6.31. The molecule has 0 aliphatic heterocycles. The van der Waals surface area contributed by atoms with Crippen molar-refractivity contribution in [3.05, 3.63) is 64.4 Å². The predicted octanol–water partition coefficient (Wildman–Crippen LogP) is 1.78. The molecule has 9 heteroatoms. The van der Waals surface area contributed by atoms with Crippen LogP contribution in [0.3, 0.4) is 0 Å². The maximum Gasteiger partial charge on any atom is 0.240 e. The number of aliphatic hydroxyl groups is 2. The van der Waals surface area contributed by atoms with Crippen molar-refractivity contribution in [2.45, 2.75) is 6.10 Å². The van der Waals surface area contributed by atoms with Gasteiger partial charge in [0.15, 0.2) is 5.78 Å². The van der Waals surface area contributed by atoms with Gasteiger partial charge in [-0.2, -0.15) is 0 Å². The lowest BCUT2D eigenvalue weighted by atomic mass is 10.00. The zero-order valence-corrected chi connectivity index (χ0v) is 15.7. The van der Waals surface area contributed by atoms with Crippen molar-refractivity contribution in [2.75, 3.05) is 24.6 Å². The van der Waals surface area contributed by atoms with Gasteiger partial charge in [0.2, 0.25) is 5.91 Å². The molecule has 0 saturated carbocycles. The number of amides is 1. The average molecular weight is 417 g/mol. The molecule has 1 amide bonds. The summed E-state index contributed by atoms with van der Waals surface area (Å²) in [6.45, 7) is -1.25. The fourth-order valence-corrected chi connectivity index (χ4v) is 2.60. The third-order valence-corrected chi connectivity index (χ3v) is 3.93. The first-order valence-corrected chi connectivity index (χ1v) is 8.15. The summed E-state index contributed by atoms with van der Waals surface area (Å²) in [5.41, 5.74) is 5.33. The minimum atomic E-state index is -1.24. The summed E-state index contributed by atoms with van der Waals surface area (Å²) in [6.07, 6.45) is -1.24. The number of benzene rings is 2. The molecule has 146 valence electrons. The number of anilines is 1. The fourth-order valence-electron chi connectivity index (χ4n) is 2.43. The second-order valence-corrected chi connectivity index (χ2v) is 5.95. The van der Waals surface area contributed by atoms with E-state index >= 15 is 0 Å². The van der Waals surface area contributed by atoms with Crippen LogP contribution in [0.4, 0.5) is 10.1 Å². The Morgan fingerprint density at radius 3 is 2.44 bits per heavy atom. The quantitative estimate of drug-likeness (QED) is 0.596. The third kappa shape index (κ3) is 5.47. The highest BCUT2D eigenvalue weighted by atomic mass is 35.5. The van der Waals surface area contributed by atoms with Crippen LogP contribution in [0.2, 0.25) is 5.02 Å². The summed E-state index contributed by atoms with van der Waals surface area (Å²) in [5.74, 6) is -1.97. The van der Waals surface area contributed by atoms with Crippen LogP contribution in [-0.4, -0.2) is 47.7 Å². The van der Waals surface area contributed by atoms with Gasteiger partial charge in [-0.3, -0.25) is 9.59 Å². The van der Waals surface area contributed by atoms with Gasteiger partial charge >= 0.3 is 0 Å². The van der Waals surface area contributed by atoms with Gasteiger partial charge in [0.05, 0.1) is 37.1 Å². The molecule has 2 aromatic rings. The number of carbonyl (C=O) groups excluding carboxylic acids is 2. The van der Waals surface area contributed by atoms with Crippen molar-refractivity contribution in [2.24, 2.45) is 5.73 Å². The summed E-state index contributed by atoms with van der Waals surface area (Å²) < 4.78 is 14.0. The molecule has 0 heterocycles. The van der Waals surface area contributed by atoms with Crippen LogP contribution >= 0.6 is 24.0 Å². The zero-order valence-electron chi connectivity index (χ0n) is 14.1. The lowest BCUT2D eigenvalue weighted by molar-refractivity contribution is -0.117. The lowest BCUT2D eigenvalue weighted by Crippen LogP contribution is -2.42. The monoisotopic (exact) mass is 416 g/mol. The molecule has 27 heavy (non-hydrogen) atoms. The van der Waals surface area contributed by atoms with Crippen LogP contribution in [0.5, 0.6) is 0 Å². The highest BCUT2D eigenvalue weighted by Crippen LogP contribution is 2.28. The number of rotatable bonds is 7. The second-order valence-electron chi connectivity index (χ2n) is 5.52. The number of carbonyl (C=O) groups is 2. The lowest BCUT2D eigenvalue weighted by Gasteiger charge is -2.26. The van der Waals surface area contributed by atoms with Crippen molar-refractivity contribution in [1.82, 2.24) is 0 Å². The smallest absolute Gasteiger partial charge is 0.240 e. The van der Waals surface area contributed by atoms with Gasteiger partial charge in [-0.05, 0) is 30.3 Å². The minimum Gasteiger partial charge on any atom is -0.394 e. The van der Waals surface area contributed by atoms with Crippen LogP contribution in [0, 0.1) is 5.82 Å². The second kappa shape index (κ2) is 10.3. The number of aliphatic hydroxyl groups excluding tert-OH is 2. The minimum absolute atomic E-state index is 0. The molecule has 0 aliphatic carbocycles. The molecule has 0 fully saturated rings. The first-order chi connectivity index (χ1) is 12.4. The first-order valence-electron chi connectivity index (χ1n) is 7.77. The molecule has 1 atom stereocenters. The zero-order chi connectivity index (χ0) is 19.3. The Labute approximate surface area is 166 Å². The number of halogens is 3. The van der Waals surface area contributed by atoms with E-state index in [0.29, 0.717) is 0 Å². The molecule has 2 rings (SSSR count). The molecule has 0 aromatic heterocycles. The Hall–Kier alpha value is -2.03. The van der Waals surface area contributed by atoms with E-state index in [-0.39, 0.29) is 47.3 Å². The Bertz CT molecular complexity index is 820. The van der Waals surface area contributed by atoms with Crippen LogP contribution in [-0.2, 0) is 4.79 Å². The Morgan fingerprint density at radius 1 is 1.19 bits per heavy atom. The van der Waals surface area contributed by atoms with Gasteiger partial charge in [-0.25, -0.2) is 4.39 Å². The van der Waals surface area contributed by atoms with E-state index in [0.717, 1.165) is 11.0 Å². The molecule has 1 unspecified atom stereocenters. The van der Waals surface area contributed by atoms with Crippen LogP contribution in [0.1, 0.15) is 15.9 Å². The van der Waals surface area contributed by atoms with Gasteiger partial charge in [-0.15, -0.1) is 12.4 Å².